The molecule has 1 aromatic carbocycles. The molecule has 4 nitrogen and oxygen atoms in total. The fraction of sp³-hybridized carbons (Fsp3) is 0.562. The lowest BCUT2D eigenvalue weighted by atomic mass is 10.0. The first kappa shape index (κ1) is 14.9. The molecule has 0 aromatic heterocycles. The molecule has 0 atom stereocenters. The van der Waals surface area contributed by atoms with Gasteiger partial charge in [0.2, 0.25) is 5.91 Å². The molecule has 0 saturated carbocycles. The van der Waals surface area contributed by atoms with Crippen molar-refractivity contribution in [1.82, 2.24) is 10.2 Å². The van der Waals surface area contributed by atoms with Crippen LogP contribution in [-0.4, -0.2) is 43.1 Å². The normalized spacial score (nSPS) is 18.4. The van der Waals surface area contributed by atoms with Crippen LogP contribution in [0.2, 0.25) is 0 Å². The van der Waals surface area contributed by atoms with Gasteiger partial charge in [0.05, 0.1) is 13.5 Å². The monoisotopic (exact) mass is 276 g/mol. The standard InChI is InChI=1S/C16H24N2O2/c1-16(2)12-17-9-4-10-18(16)15(19)11-13-5-7-14(20-3)8-6-13/h5-8,17H,4,9-12H2,1-3H3. The molecule has 0 unspecified atom stereocenters. The van der Waals surface area contributed by atoms with E-state index in [1.54, 1.807) is 7.11 Å². The summed E-state index contributed by atoms with van der Waals surface area (Å²) in [4.78, 5) is 14.6. The Balaban J connectivity index is 2.05. The summed E-state index contributed by atoms with van der Waals surface area (Å²) in [5.74, 6) is 1.02. The van der Waals surface area contributed by atoms with E-state index >= 15 is 0 Å². The van der Waals surface area contributed by atoms with Gasteiger partial charge in [0.25, 0.3) is 0 Å². The largest absolute Gasteiger partial charge is 0.497 e. The number of benzene rings is 1. The summed E-state index contributed by atoms with van der Waals surface area (Å²) in [5, 5.41) is 3.39. The SMILES string of the molecule is COc1ccc(CC(=O)N2CCCNCC2(C)C)cc1. The number of hydrogen-bond acceptors (Lipinski definition) is 3. The highest BCUT2D eigenvalue weighted by Gasteiger charge is 2.31. The van der Waals surface area contributed by atoms with Crippen molar-refractivity contribution in [2.45, 2.75) is 32.2 Å². The maximum Gasteiger partial charge on any atom is 0.227 e. The van der Waals surface area contributed by atoms with Crippen LogP contribution < -0.4 is 10.1 Å². The third-order valence-electron chi connectivity index (χ3n) is 3.84. The highest BCUT2D eigenvalue weighted by molar-refractivity contribution is 5.79. The third kappa shape index (κ3) is 3.51. The van der Waals surface area contributed by atoms with E-state index in [1.807, 2.05) is 29.2 Å². The Hall–Kier alpha value is -1.55. The lowest BCUT2D eigenvalue weighted by molar-refractivity contribution is -0.135. The zero-order valence-electron chi connectivity index (χ0n) is 12.6. The van der Waals surface area contributed by atoms with Crippen LogP contribution >= 0.6 is 0 Å². The van der Waals surface area contributed by atoms with Crippen molar-refractivity contribution in [1.29, 1.82) is 0 Å². The molecule has 4 heteroatoms. The van der Waals surface area contributed by atoms with Gasteiger partial charge in [-0.25, -0.2) is 0 Å². The highest BCUT2D eigenvalue weighted by atomic mass is 16.5. The van der Waals surface area contributed by atoms with Gasteiger partial charge >= 0.3 is 0 Å². The number of hydrogen-bond donors (Lipinski definition) is 1. The van der Waals surface area contributed by atoms with Crippen molar-refractivity contribution in [2.24, 2.45) is 0 Å². The van der Waals surface area contributed by atoms with Crippen LogP contribution in [0.1, 0.15) is 25.8 Å². The maximum absolute atomic E-state index is 12.6. The summed E-state index contributed by atoms with van der Waals surface area (Å²) in [6, 6.07) is 7.72. The number of ether oxygens (including phenoxy) is 1. The van der Waals surface area contributed by atoms with Gasteiger partial charge in [0.1, 0.15) is 5.75 Å². The van der Waals surface area contributed by atoms with Crippen molar-refractivity contribution >= 4 is 5.91 Å². The molecule has 2 rings (SSSR count). The summed E-state index contributed by atoms with van der Waals surface area (Å²) in [7, 11) is 1.65. The van der Waals surface area contributed by atoms with Crippen LogP contribution in [0.3, 0.4) is 0 Å². The summed E-state index contributed by atoms with van der Waals surface area (Å²) in [6.45, 7) is 6.90. The van der Waals surface area contributed by atoms with Crippen LogP contribution in [-0.2, 0) is 11.2 Å². The Labute approximate surface area is 121 Å². The van der Waals surface area contributed by atoms with E-state index in [0.717, 1.165) is 37.4 Å². The molecule has 1 amide bonds. The quantitative estimate of drug-likeness (QED) is 0.916. The number of methoxy groups -OCH3 is 1. The van der Waals surface area contributed by atoms with E-state index in [4.69, 9.17) is 4.74 Å². The average Bonchev–Trinajstić information content (AvgIpc) is 2.60. The van der Waals surface area contributed by atoms with Crippen LogP contribution in [0.15, 0.2) is 24.3 Å². The van der Waals surface area contributed by atoms with E-state index in [9.17, 15) is 4.79 Å². The molecule has 1 aliphatic heterocycles. The van der Waals surface area contributed by atoms with E-state index in [0.29, 0.717) is 6.42 Å². The maximum atomic E-state index is 12.6. The number of carbonyl (C=O) groups excluding carboxylic acids is 1. The van der Waals surface area contributed by atoms with Gasteiger partial charge in [0.15, 0.2) is 0 Å². The number of amides is 1. The minimum atomic E-state index is -0.125. The van der Waals surface area contributed by atoms with Gasteiger partial charge in [-0.05, 0) is 44.5 Å². The second-order valence-electron chi connectivity index (χ2n) is 5.91. The summed E-state index contributed by atoms with van der Waals surface area (Å²) in [5.41, 5.74) is 0.906. The third-order valence-corrected chi connectivity index (χ3v) is 3.84. The molecule has 1 aromatic rings. The van der Waals surface area contributed by atoms with Crippen molar-refractivity contribution in [3.63, 3.8) is 0 Å². The topological polar surface area (TPSA) is 41.6 Å². The van der Waals surface area contributed by atoms with Crippen LogP contribution in [0.4, 0.5) is 0 Å². The molecule has 0 spiro atoms. The molecule has 1 fully saturated rings. The molecular formula is C16H24N2O2. The van der Waals surface area contributed by atoms with Crippen LogP contribution in [0, 0.1) is 0 Å². The number of nitrogens with one attached hydrogen (secondary N) is 1. The zero-order valence-corrected chi connectivity index (χ0v) is 12.6. The van der Waals surface area contributed by atoms with Crippen molar-refractivity contribution < 1.29 is 9.53 Å². The van der Waals surface area contributed by atoms with E-state index in [1.165, 1.54) is 0 Å². The Morgan fingerprint density at radius 2 is 2.05 bits per heavy atom. The van der Waals surface area contributed by atoms with Gasteiger partial charge in [-0.2, -0.15) is 0 Å². The lowest BCUT2D eigenvalue weighted by Crippen LogP contribution is -2.51. The van der Waals surface area contributed by atoms with Crippen LogP contribution in [0.5, 0.6) is 5.75 Å². The molecule has 20 heavy (non-hydrogen) atoms. The molecule has 1 heterocycles. The molecular weight excluding hydrogens is 252 g/mol. The fourth-order valence-electron chi connectivity index (χ4n) is 2.63. The number of carbonyl (C=O) groups is 1. The van der Waals surface area contributed by atoms with Gasteiger partial charge in [0, 0.05) is 18.6 Å². The van der Waals surface area contributed by atoms with E-state index < -0.39 is 0 Å². The minimum absolute atomic E-state index is 0.125. The predicted octanol–water partition coefficient (Wildman–Crippen LogP) is 1.84. The highest BCUT2D eigenvalue weighted by Crippen LogP contribution is 2.19. The molecule has 1 N–H and O–H groups in total. The number of nitrogens with zero attached hydrogens (tertiary/aromatic N) is 1. The van der Waals surface area contributed by atoms with Crippen molar-refractivity contribution in [2.75, 3.05) is 26.7 Å². The Bertz CT molecular complexity index is 454. The first-order valence-electron chi connectivity index (χ1n) is 7.17. The summed E-state index contributed by atoms with van der Waals surface area (Å²) in [6.07, 6.45) is 1.46. The van der Waals surface area contributed by atoms with Crippen molar-refractivity contribution in [3.05, 3.63) is 29.8 Å². The molecule has 0 bridgehead atoms. The molecule has 110 valence electrons. The lowest BCUT2D eigenvalue weighted by Gasteiger charge is -2.37. The second kappa shape index (κ2) is 6.27. The number of rotatable bonds is 3. The zero-order chi connectivity index (χ0) is 14.6. The fourth-order valence-corrected chi connectivity index (χ4v) is 2.63. The first-order valence-corrected chi connectivity index (χ1v) is 7.17. The summed E-state index contributed by atoms with van der Waals surface area (Å²) >= 11 is 0. The predicted molar refractivity (Wildman–Crippen MR) is 80.0 cm³/mol. The Morgan fingerprint density at radius 3 is 2.70 bits per heavy atom. The average molecular weight is 276 g/mol. The van der Waals surface area contributed by atoms with Gasteiger partial charge in [-0.3, -0.25) is 4.79 Å². The smallest absolute Gasteiger partial charge is 0.227 e. The molecule has 1 saturated heterocycles. The van der Waals surface area contributed by atoms with Gasteiger partial charge in [-0.15, -0.1) is 0 Å². The first-order chi connectivity index (χ1) is 9.53. The second-order valence-corrected chi connectivity index (χ2v) is 5.91. The van der Waals surface area contributed by atoms with Crippen molar-refractivity contribution in [3.8, 4) is 5.75 Å². The molecule has 0 radical (unpaired) electrons. The van der Waals surface area contributed by atoms with Gasteiger partial charge < -0.3 is 15.0 Å². The Morgan fingerprint density at radius 1 is 1.35 bits per heavy atom. The Kier molecular flexibility index (Phi) is 4.65. The minimum Gasteiger partial charge on any atom is -0.497 e. The molecule has 1 aliphatic rings. The van der Waals surface area contributed by atoms with Crippen LogP contribution in [0.25, 0.3) is 0 Å². The van der Waals surface area contributed by atoms with E-state index in [-0.39, 0.29) is 11.4 Å². The molecule has 0 aliphatic carbocycles. The van der Waals surface area contributed by atoms with Gasteiger partial charge in [-0.1, -0.05) is 12.1 Å². The van der Waals surface area contributed by atoms with E-state index in [2.05, 4.69) is 19.2 Å². The summed E-state index contributed by atoms with van der Waals surface area (Å²) < 4.78 is 5.14.